The van der Waals surface area contributed by atoms with E-state index in [9.17, 15) is 14.0 Å². The normalized spacial score (nSPS) is 10.3. The highest BCUT2D eigenvalue weighted by Crippen LogP contribution is 2.15. The highest BCUT2D eigenvalue weighted by molar-refractivity contribution is 6.30. The molecule has 0 aliphatic heterocycles. The van der Waals surface area contributed by atoms with Gasteiger partial charge in [-0.3, -0.25) is 4.79 Å². The third-order valence-corrected chi connectivity index (χ3v) is 3.64. The number of halogens is 2. The van der Waals surface area contributed by atoms with E-state index in [4.69, 9.17) is 16.3 Å². The predicted molar refractivity (Wildman–Crippen MR) is 89.4 cm³/mol. The SMILES string of the molecule is CCc1ccc(CNC(=O)COC(=O)c2cc(Cl)ccc2F)cc1. The fourth-order valence-electron chi connectivity index (χ4n) is 2.01. The van der Waals surface area contributed by atoms with Crippen LogP contribution in [0, 0.1) is 5.82 Å². The summed E-state index contributed by atoms with van der Waals surface area (Å²) in [5, 5.41) is 2.84. The van der Waals surface area contributed by atoms with Crippen molar-refractivity contribution >= 4 is 23.5 Å². The number of esters is 1. The first-order chi connectivity index (χ1) is 11.5. The first kappa shape index (κ1) is 17.9. The molecule has 0 unspecified atom stereocenters. The monoisotopic (exact) mass is 349 g/mol. The van der Waals surface area contributed by atoms with Gasteiger partial charge in [0.15, 0.2) is 6.61 Å². The van der Waals surface area contributed by atoms with Gasteiger partial charge in [0.25, 0.3) is 5.91 Å². The van der Waals surface area contributed by atoms with Crippen LogP contribution < -0.4 is 5.32 Å². The average Bonchev–Trinajstić information content (AvgIpc) is 2.60. The number of carbonyl (C=O) groups excluding carboxylic acids is 2. The van der Waals surface area contributed by atoms with Crippen LogP contribution in [0.15, 0.2) is 42.5 Å². The van der Waals surface area contributed by atoms with Crippen LogP contribution in [0.25, 0.3) is 0 Å². The highest BCUT2D eigenvalue weighted by Gasteiger charge is 2.15. The predicted octanol–water partition coefficient (Wildman–Crippen LogP) is 3.51. The van der Waals surface area contributed by atoms with Crippen LogP contribution in [-0.4, -0.2) is 18.5 Å². The van der Waals surface area contributed by atoms with Crippen molar-refractivity contribution in [2.45, 2.75) is 19.9 Å². The maximum Gasteiger partial charge on any atom is 0.341 e. The summed E-state index contributed by atoms with van der Waals surface area (Å²) in [7, 11) is 0. The zero-order chi connectivity index (χ0) is 17.5. The molecule has 2 rings (SSSR count). The van der Waals surface area contributed by atoms with Gasteiger partial charge in [-0.1, -0.05) is 42.8 Å². The van der Waals surface area contributed by atoms with Gasteiger partial charge in [0, 0.05) is 11.6 Å². The van der Waals surface area contributed by atoms with Gasteiger partial charge in [-0.25, -0.2) is 9.18 Å². The number of hydrogen-bond donors (Lipinski definition) is 1. The number of carbonyl (C=O) groups is 2. The topological polar surface area (TPSA) is 55.4 Å². The molecule has 0 aromatic heterocycles. The molecule has 0 aliphatic rings. The number of aryl methyl sites for hydroxylation is 1. The third-order valence-electron chi connectivity index (χ3n) is 3.40. The Morgan fingerprint density at radius 3 is 2.46 bits per heavy atom. The summed E-state index contributed by atoms with van der Waals surface area (Å²) in [5.74, 6) is -2.15. The Labute approximate surface area is 144 Å². The first-order valence-corrected chi connectivity index (χ1v) is 7.84. The summed E-state index contributed by atoms with van der Waals surface area (Å²) in [4.78, 5) is 23.5. The number of rotatable bonds is 6. The largest absolute Gasteiger partial charge is 0.452 e. The molecule has 24 heavy (non-hydrogen) atoms. The Bertz CT molecular complexity index is 732. The van der Waals surface area contributed by atoms with E-state index in [-0.39, 0.29) is 10.6 Å². The van der Waals surface area contributed by atoms with E-state index in [0.717, 1.165) is 24.1 Å². The van der Waals surface area contributed by atoms with Crippen molar-refractivity contribution in [2.75, 3.05) is 6.61 Å². The molecule has 0 saturated carbocycles. The molecular formula is C18H17ClFNO3. The van der Waals surface area contributed by atoms with Crippen LogP contribution in [0.5, 0.6) is 0 Å². The van der Waals surface area contributed by atoms with Crippen molar-refractivity contribution in [3.05, 3.63) is 70.0 Å². The molecule has 126 valence electrons. The van der Waals surface area contributed by atoms with Gasteiger partial charge >= 0.3 is 5.97 Å². The van der Waals surface area contributed by atoms with E-state index in [2.05, 4.69) is 12.2 Å². The summed E-state index contributed by atoms with van der Waals surface area (Å²) in [6, 6.07) is 11.4. The van der Waals surface area contributed by atoms with Gasteiger partial charge in [-0.05, 0) is 35.7 Å². The van der Waals surface area contributed by atoms with Crippen molar-refractivity contribution < 1.29 is 18.7 Å². The summed E-state index contributed by atoms with van der Waals surface area (Å²) in [6.07, 6.45) is 0.947. The standard InChI is InChI=1S/C18H17ClFNO3/c1-2-12-3-5-13(6-4-12)10-21-17(22)11-24-18(23)15-9-14(19)7-8-16(15)20/h3-9H,2,10-11H2,1H3,(H,21,22). The van der Waals surface area contributed by atoms with Crippen molar-refractivity contribution in [2.24, 2.45) is 0 Å². The van der Waals surface area contributed by atoms with Crippen LogP contribution >= 0.6 is 11.6 Å². The zero-order valence-electron chi connectivity index (χ0n) is 13.1. The van der Waals surface area contributed by atoms with E-state index in [1.807, 2.05) is 24.3 Å². The fourth-order valence-corrected chi connectivity index (χ4v) is 2.18. The Balaban J connectivity index is 1.82. The minimum absolute atomic E-state index is 0.211. The molecule has 0 heterocycles. The molecular weight excluding hydrogens is 333 g/mol. The van der Waals surface area contributed by atoms with Gasteiger partial charge in [-0.15, -0.1) is 0 Å². The maximum absolute atomic E-state index is 13.5. The van der Waals surface area contributed by atoms with Crippen molar-refractivity contribution in [1.82, 2.24) is 5.32 Å². The lowest BCUT2D eigenvalue weighted by Crippen LogP contribution is -2.28. The van der Waals surface area contributed by atoms with Crippen molar-refractivity contribution in [1.29, 1.82) is 0 Å². The van der Waals surface area contributed by atoms with Gasteiger partial charge in [0.2, 0.25) is 0 Å². The molecule has 0 bridgehead atoms. The van der Waals surface area contributed by atoms with Gasteiger partial charge in [0.1, 0.15) is 5.82 Å². The molecule has 0 fully saturated rings. The minimum atomic E-state index is -0.933. The molecule has 1 amide bonds. The fraction of sp³-hybridized carbons (Fsp3) is 0.222. The lowest BCUT2D eigenvalue weighted by atomic mass is 10.1. The van der Waals surface area contributed by atoms with E-state index in [1.165, 1.54) is 11.6 Å². The summed E-state index contributed by atoms with van der Waals surface area (Å²) >= 11 is 5.71. The minimum Gasteiger partial charge on any atom is -0.452 e. The second-order valence-electron chi connectivity index (χ2n) is 5.15. The maximum atomic E-state index is 13.5. The summed E-state index contributed by atoms with van der Waals surface area (Å²) in [5.41, 5.74) is 1.85. The van der Waals surface area contributed by atoms with Crippen LogP contribution in [0.2, 0.25) is 5.02 Å². The number of benzene rings is 2. The van der Waals surface area contributed by atoms with Gasteiger partial charge in [0.05, 0.1) is 5.56 Å². The molecule has 2 aromatic carbocycles. The number of hydrogen-bond acceptors (Lipinski definition) is 3. The van der Waals surface area contributed by atoms with E-state index in [1.54, 1.807) is 0 Å². The Morgan fingerprint density at radius 1 is 1.12 bits per heavy atom. The van der Waals surface area contributed by atoms with Gasteiger partial charge in [-0.2, -0.15) is 0 Å². The second kappa shape index (κ2) is 8.45. The van der Waals surface area contributed by atoms with Crippen molar-refractivity contribution in [3.8, 4) is 0 Å². The molecule has 0 radical (unpaired) electrons. The Hall–Kier alpha value is -2.40. The smallest absolute Gasteiger partial charge is 0.341 e. The second-order valence-corrected chi connectivity index (χ2v) is 5.58. The molecule has 0 spiro atoms. The summed E-state index contributed by atoms with van der Waals surface area (Å²) < 4.78 is 18.3. The van der Waals surface area contributed by atoms with E-state index < -0.39 is 24.3 Å². The zero-order valence-corrected chi connectivity index (χ0v) is 13.9. The number of ether oxygens (including phenoxy) is 1. The number of amides is 1. The molecule has 4 nitrogen and oxygen atoms in total. The molecule has 2 aromatic rings. The van der Waals surface area contributed by atoms with Crippen molar-refractivity contribution in [3.63, 3.8) is 0 Å². The molecule has 1 N–H and O–H groups in total. The molecule has 0 atom stereocenters. The van der Waals surface area contributed by atoms with Crippen LogP contribution in [0.3, 0.4) is 0 Å². The first-order valence-electron chi connectivity index (χ1n) is 7.46. The number of nitrogens with one attached hydrogen (secondary N) is 1. The quantitative estimate of drug-likeness (QED) is 0.812. The van der Waals surface area contributed by atoms with E-state index >= 15 is 0 Å². The lowest BCUT2D eigenvalue weighted by molar-refractivity contribution is -0.124. The average molecular weight is 350 g/mol. The molecule has 6 heteroatoms. The van der Waals surface area contributed by atoms with Gasteiger partial charge < -0.3 is 10.1 Å². The summed E-state index contributed by atoms with van der Waals surface area (Å²) in [6.45, 7) is 1.90. The lowest BCUT2D eigenvalue weighted by Gasteiger charge is -2.08. The molecule has 0 saturated heterocycles. The molecule has 0 aliphatic carbocycles. The van der Waals surface area contributed by atoms with Crippen LogP contribution in [0.1, 0.15) is 28.4 Å². The Morgan fingerprint density at radius 2 is 1.79 bits per heavy atom. The Kier molecular flexibility index (Phi) is 6.32. The van der Waals surface area contributed by atoms with Crippen LogP contribution in [0.4, 0.5) is 4.39 Å². The third kappa shape index (κ3) is 5.06. The van der Waals surface area contributed by atoms with E-state index in [0.29, 0.717) is 6.54 Å². The van der Waals surface area contributed by atoms with Crippen LogP contribution in [-0.2, 0) is 22.5 Å². The highest BCUT2D eigenvalue weighted by atomic mass is 35.5.